The molecule has 0 aliphatic heterocycles. The van der Waals surface area contributed by atoms with E-state index >= 15 is 0 Å². The van der Waals surface area contributed by atoms with E-state index in [0.29, 0.717) is 25.0 Å². The molecule has 0 spiro atoms. The number of benzene rings is 2. The van der Waals surface area contributed by atoms with Crippen molar-refractivity contribution in [1.82, 2.24) is 16.0 Å². The van der Waals surface area contributed by atoms with Gasteiger partial charge in [-0.25, -0.2) is 19.2 Å². The average Bonchev–Trinajstić information content (AvgIpc) is 3.07. The number of hydrogen-bond donors (Lipinski definition) is 3. The van der Waals surface area contributed by atoms with E-state index in [1.165, 1.54) is 0 Å². The van der Waals surface area contributed by atoms with E-state index in [4.69, 9.17) is 28.4 Å². The topological polar surface area (TPSA) is 194 Å². The van der Waals surface area contributed by atoms with Gasteiger partial charge < -0.3 is 44.4 Å². The molecule has 0 saturated carbocycles. The molecule has 3 amide bonds. The fraction of sp³-hybridized carbons (Fsp3) is 0.561. The van der Waals surface area contributed by atoms with Gasteiger partial charge in [0.25, 0.3) is 0 Å². The minimum atomic E-state index is -1.79. The summed E-state index contributed by atoms with van der Waals surface area (Å²) < 4.78 is 33.2. The van der Waals surface area contributed by atoms with E-state index in [-0.39, 0.29) is 31.4 Å². The van der Waals surface area contributed by atoms with Crippen LogP contribution in [-0.4, -0.2) is 77.7 Å². The van der Waals surface area contributed by atoms with Crippen LogP contribution in [0.25, 0.3) is 0 Å². The molecule has 1 unspecified atom stereocenters. The van der Waals surface area contributed by atoms with Crippen molar-refractivity contribution >= 4 is 36.2 Å². The molecule has 0 aliphatic rings. The minimum Gasteiger partial charge on any atom is -0.460 e. The molecular formula is C41H59N3O12. The van der Waals surface area contributed by atoms with Crippen molar-refractivity contribution in [3.63, 3.8) is 0 Å². The van der Waals surface area contributed by atoms with Gasteiger partial charge in [-0.05, 0) is 99.4 Å². The van der Waals surface area contributed by atoms with Gasteiger partial charge in [-0.1, -0.05) is 49.2 Å². The standard InChI is InChI=1S/C41H59N3O12/c1-38(2,3)53-33(46)25-26-41(27-42-35(48)55-39(4,5)6,28-43-36(49)56-40(7,8)9)54-34(47)31(44-37(50)52-30-21-15-11-16-22-30)23-17-12-18-24-32(45)51-29-19-13-10-14-20-29/h10-11,13-16,19-22,31H,12,17-18,23-28H2,1-9H3,(H,42,48)(H,43,49)(H,44,50). The van der Waals surface area contributed by atoms with Crippen molar-refractivity contribution in [3.05, 3.63) is 60.7 Å². The molecule has 1 atom stereocenters. The molecule has 56 heavy (non-hydrogen) atoms. The summed E-state index contributed by atoms with van der Waals surface area (Å²) in [7, 11) is 0. The Hall–Kier alpha value is -5.34. The van der Waals surface area contributed by atoms with Crippen LogP contribution < -0.4 is 25.4 Å². The van der Waals surface area contributed by atoms with Crippen LogP contribution in [0.15, 0.2) is 60.7 Å². The number of para-hydroxylation sites is 2. The van der Waals surface area contributed by atoms with Crippen LogP contribution in [0, 0.1) is 0 Å². The second kappa shape index (κ2) is 21.7. The van der Waals surface area contributed by atoms with E-state index < -0.39 is 77.7 Å². The van der Waals surface area contributed by atoms with E-state index in [0.717, 1.165) is 0 Å². The molecule has 3 N–H and O–H groups in total. The zero-order chi connectivity index (χ0) is 42.0. The highest BCUT2D eigenvalue weighted by atomic mass is 16.6. The van der Waals surface area contributed by atoms with Crippen molar-refractivity contribution in [2.45, 2.75) is 136 Å². The van der Waals surface area contributed by atoms with Gasteiger partial charge >= 0.3 is 36.2 Å². The molecular weight excluding hydrogens is 726 g/mol. The smallest absolute Gasteiger partial charge is 0.413 e. The van der Waals surface area contributed by atoms with Crippen LogP contribution in [0.2, 0.25) is 0 Å². The molecule has 2 aromatic rings. The van der Waals surface area contributed by atoms with Gasteiger partial charge in [0.15, 0.2) is 0 Å². The Kier molecular flexibility index (Phi) is 18.1. The summed E-state index contributed by atoms with van der Waals surface area (Å²) >= 11 is 0. The Bertz CT molecular complexity index is 1500. The van der Waals surface area contributed by atoms with Crippen LogP contribution in [0.4, 0.5) is 14.4 Å². The second-order valence-corrected chi connectivity index (χ2v) is 16.2. The third-order valence-corrected chi connectivity index (χ3v) is 7.31. The SMILES string of the molecule is CC(C)(C)OC(=O)CCC(CNC(=O)OC(C)(C)C)(CNC(=O)OC(C)(C)C)OC(=O)C(CCCCCC(=O)Oc1ccccc1)NC(=O)Oc1ccccc1. The summed E-state index contributed by atoms with van der Waals surface area (Å²) in [5.74, 6) is -1.33. The lowest BCUT2D eigenvalue weighted by molar-refractivity contribution is -0.167. The lowest BCUT2D eigenvalue weighted by atomic mass is 9.96. The molecule has 0 saturated heterocycles. The minimum absolute atomic E-state index is 0.0532. The molecule has 0 bridgehead atoms. The van der Waals surface area contributed by atoms with Gasteiger partial charge in [0, 0.05) is 19.3 Å². The van der Waals surface area contributed by atoms with Gasteiger partial charge in [-0.3, -0.25) is 9.59 Å². The molecule has 310 valence electrons. The summed E-state index contributed by atoms with van der Waals surface area (Å²) in [6.07, 6.45) is -1.71. The summed E-state index contributed by atoms with van der Waals surface area (Å²) in [6.45, 7) is 14.3. The molecule has 0 radical (unpaired) electrons. The quantitative estimate of drug-likeness (QED) is 0.0599. The first kappa shape index (κ1) is 46.8. The third-order valence-electron chi connectivity index (χ3n) is 7.31. The number of alkyl carbamates (subject to hydrolysis) is 2. The number of ether oxygens (including phenoxy) is 6. The number of esters is 3. The fourth-order valence-electron chi connectivity index (χ4n) is 4.95. The van der Waals surface area contributed by atoms with Gasteiger partial charge in [0.05, 0.1) is 13.1 Å². The van der Waals surface area contributed by atoms with Gasteiger partial charge in [-0.2, -0.15) is 0 Å². The predicted molar refractivity (Wildman–Crippen MR) is 207 cm³/mol. The summed E-state index contributed by atoms with van der Waals surface area (Å²) in [5, 5.41) is 7.75. The Balaban J connectivity index is 2.37. The number of unbranched alkanes of at least 4 members (excludes halogenated alkanes) is 2. The number of hydrogen-bond acceptors (Lipinski definition) is 12. The highest BCUT2D eigenvalue weighted by Crippen LogP contribution is 2.23. The van der Waals surface area contributed by atoms with E-state index in [1.807, 2.05) is 6.07 Å². The third kappa shape index (κ3) is 20.9. The van der Waals surface area contributed by atoms with E-state index in [2.05, 4.69) is 16.0 Å². The molecule has 0 heterocycles. The summed E-state index contributed by atoms with van der Waals surface area (Å²) in [4.78, 5) is 78.3. The number of amides is 3. The first-order valence-corrected chi connectivity index (χ1v) is 18.7. The molecule has 15 heteroatoms. The first-order chi connectivity index (χ1) is 26.0. The van der Waals surface area contributed by atoms with Crippen molar-refractivity contribution < 1.29 is 57.2 Å². The van der Waals surface area contributed by atoms with Crippen LogP contribution >= 0.6 is 0 Å². The molecule has 0 fully saturated rings. The maximum atomic E-state index is 14.2. The number of carbonyl (C=O) groups excluding carboxylic acids is 6. The Labute approximate surface area is 329 Å². The second-order valence-electron chi connectivity index (χ2n) is 16.2. The molecule has 15 nitrogen and oxygen atoms in total. The Morgan fingerprint density at radius 2 is 1.02 bits per heavy atom. The van der Waals surface area contributed by atoms with E-state index in [1.54, 1.807) is 117 Å². The Morgan fingerprint density at radius 3 is 1.50 bits per heavy atom. The summed E-state index contributed by atoms with van der Waals surface area (Å²) in [5.41, 5.74) is -4.36. The van der Waals surface area contributed by atoms with Gasteiger partial charge in [0.1, 0.15) is 39.9 Å². The van der Waals surface area contributed by atoms with Gasteiger partial charge in [0.2, 0.25) is 0 Å². The monoisotopic (exact) mass is 785 g/mol. The first-order valence-electron chi connectivity index (χ1n) is 18.7. The zero-order valence-electron chi connectivity index (χ0n) is 34.1. The Morgan fingerprint density at radius 1 is 0.536 bits per heavy atom. The molecule has 0 aromatic heterocycles. The molecule has 2 rings (SSSR count). The molecule has 2 aromatic carbocycles. The lowest BCUT2D eigenvalue weighted by Crippen LogP contribution is -2.57. The van der Waals surface area contributed by atoms with Crippen LogP contribution in [0.3, 0.4) is 0 Å². The lowest BCUT2D eigenvalue weighted by Gasteiger charge is -2.36. The number of nitrogens with one attached hydrogen (secondary N) is 3. The van der Waals surface area contributed by atoms with Crippen LogP contribution in [-0.2, 0) is 33.3 Å². The number of carbonyl (C=O) groups is 6. The normalized spacial score (nSPS) is 12.3. The van der Waals surface area contributed by atoms with E-state index in [9.17, 15) is 28.8 Å². The molecule has 0 aliphatic carbocycles. The van der Waals surface area contributed by atoms with Crippen LogP contribution in [0.1, 0.15) is 107 Å². The maximum Gasteiger partial charge on any atom is 0.413 e. The van der Waals surface area contributed by atoms with Crippen molar-refractivity contribution in [3.8, 4) is 11.5 Å². The van der Waals surface area contributed by atoms with Crippen molar-refractivity contribution in [2.24, 2.45) is 0 Å². The largest absolute Gasteiger partial charge is 0.460 e. The van der Waals surface area contributed by atoms with Crippen molar-refractivity contribution in [2.75, 3.05) is 13.1 Å². The van der Waals surface area contributed by atoms with Crippen molar-refractivity contribution in [1.29, 1.82) is 0 Å². The number of rotatable bonds is 18. The average molecular weight is 786 g/mol. The highest BCUT2D eigenvalue weighted by molar-refractivity contribution is 5.82. The van der Waals surface area contributed by atoms with Gasteiger partial charge in [-0.15, -0.1) is 0 Å². The fourth-order valence-corrected chi connectivity index (χ4v) is 4.95. The highest BCUT2D eigenvalue weighted by Gasteiger charge is 2.40. The maximum absolute atomic E-state index is 14.2. The van der Waals surface area contributed by atoms with Crippen LogP contribution in [0.5, 0.6) is 11.5 Å². The predicted octanol–water partition coefficient (Wildman–Crippen LogP) is 7.15. The zero-order valence-corrected chi connectivity index (χ0v) is 34.1. The summed E-state index contributed by atoms with van der Waals surface area (Å²) in [6, 6.07) is 15.6.